The molecule has 1 rings (SSSR count). The van der Waals surface area contributed by atoms with Gasteiger partial charge >= 0.3 is 0 Å². The number of rotatable bonds is 1. The van der Waals surface area contributed by atoms with Crippen molar-refractivity contribution in [3.05, 3.63) is 0 Å². The van der Waals surface area contributed by atoms with Crippen LogP contribution >= 0.6 is 0 Å². The van der Waals surface area contributed by atoms with Crippen molar-refractivity contribution < 1.29 is 0 Å². The SMILES string of the molecule is CN(C)C(=N)C1CC1. The van der Waals surface area contributed by atoms with Gasteiger partial charge in [-0.25, -0.2) is 0 Å². The minimum Gasteiger partial charge on any atom is -0.366 e. The van der Waals surface area contributed by atoms with E-state index in [1.807, 2.05) is 19.0 Å². The smallest absolute Gasteiger partial charge is 0.0984 e. The van der Waals surface area contributed by atoms with E-state index in [1.165, 1.54) is 12.8 Å². The average molecular weight is 112 g/mol. The molecule has 0 aromatic heterocycles. The predicted molar refractivity (Wildman–Crippen MR) is 34.1 cm³/mol. The Labute approximate surface area is 50.0 Å². The number of nitrogens with one attached hydrogen (secondary N) is 1. The molecule has 0 heterocycles. The molecule has 1 fully saturated rings. The zero-order valence-electron chi connectivity index (χ0n) is 5.44. The third kappa shape index (κ3) is 0.997. The second-order valence-corrected chi connectivity index (χ2v) is 2.55. The van der Waals surface area contributed by atoms with Crippen LogP contribution in [0.15, 0.2) is 0 Å². The van der Waals surface area contributed by atoms with Gasteiger partial charge in [0, 0.05) is 20.0 Å². The zero-order valence-corrected chi connectivity index (χ0v) is 5.44. The Balaban J connectivity index is 2.33. The molecule has 2 nitrogen and oxygen atoms in total. The molecular weight excluding hydrogens is 100 g/mol. The molecule has 0 saturated heterocycles. The minimum absolute atomic E-state index is 0.602. The van der Waals surface area contributed by atoms with E-state index in [0.717, 1.165) is 5.84 Å². The summed E-state index contributed by atoms with van der Waals surface area (Å²) in [6.45, 7) is 0. The molecule has 1 aliphatic carbocycles. The minimum atomic E-state index is 0.602. The summed E-state index contributed by atoms with van der Waals surface area (Å²) >= 11 is 0. The van der Waals surface area contributed by atoms with E-state index in [9.17, 15) is 0 Å². The van der Waals surface area contributed by atoms with Crippen LogP contribution in [0.2, 0.25) is 0 Å². The lowest BCUT2D eigenvalue weighted by atomic mass is 10.4. The van der Waals surface area contributed by atoms with Crippen LogP contribution in [-0.4, -0.2) is 24.8 Å². The molecule has 1 saturated carbocycles. The van der Waals surface area contributed by atoms with Gasteiger partial charge in [-0.3, -0.25) is 5.41 Å². The molecule has 0 aromatic rings. The van der Waals surface area contributed by atoms with E-state index >= 15 is 0 Å². The number of nitrogens with zero attached hydrogens (tertiary/aromatic N) is 1. The monoisotopic (exact) mass is 112 g/mol. The molecule has 0 bridgehead atoms. The fourth-order valence-corrected chi connectivity index (χ4v) is 0.722. The molecular formula is C6H12N2. The van der Waals surface area contributed by atoms with Crippen molar-refractivity contribution in [1.29, 1.82) is 5.41 Å². The summed E-state index contributed by atoms with van der Waals surface area (Å²) < 4.78 is 0. The molecule has 0 amide bonds. The highest BCUT2D eigenvalue weighted by Crippen LogP contribution is 2.30. The van der Waals surface area contributed by atoms with Crippen molar-refractivity contribution in [2.45, 2.75) is 12.8 Å². The second-order valence-electron chi connectivity index (χ2n) is 2.55. The van der Waals surface area contributed by atoms with E-state index in [0.29, 0.717) is 5.92 Å². The fourth-order valence-electron chi connectivity index (χ4n) is 0.722. The highest BCUT2D eigenvalue weighted by atomic mass is 15.1. The standard InChI is InChI=1S/C6H12N2/c1-8(2)6(7)5-3-4-5/h5,7H,3-4H2,1-2H3. The molecule has 0 aliphatic heterocycles. The van der Waals surface area contributed by atoms with E-state index in [1.54, 1.807) is 0 Å². The Hall–Kier alpha value is -0.530. The van der Waals surface area contributed by atoms with Crippen molar-refractivity contribution in [3.8, 4) is 0 Å². The molecule has 2 heteroatoms. The third-order valence-corrected chi connectivity index (χ3v) is 1.45. The van der Waals surface area contributed by atoms with Gasteiger partial charge in [0.1, 0.15) is 0 Å². The molecule has 1 aliphatic rings. The number of hydrogen-bond acceptors (Lipinski definition) is 1. The molecule has 0 atom stereocenters. The molecule has 0 aromatic carbocycles. The fraction of sp³-hybridized carbons (Fsp3) is 0.833. The maximum Gasteiger partial charge on any atom is 0.0984 e. The normalized spacial score (nSPS) is 18.2. The summed E-state index contributed by atoms with van der Waals surface area (Å²) in [6.07, 6.45) is 2.47. The van der Waals surface area contributed by atoms with Crippen LogP contribution in [0.5, 0.6) is 0 Å². The highest BCUT2D eigenvalue weighted by molar-refractivity contribution is 5.83. The largest absolute Gasteiger partial charge is 0.366 e. The Kier molecular flexibility index (Phi) is 1.24. The van der Waals surface area contributed by atoms with Crippen LogP contribution < -0.4 is 0 Å². The third-order valence-electron chi connectivity index (χ3n) is 1.45. The van der Waals surface area contributed by atoms with E-state index in [2.05, 4.69) is 0 Å². The first-order valence-electron chi connectivity index (χ1n) is 2.97. The predicted octanol–water partition coefficient (Wildman–Crippen LogP) is 0.935. The zero-order chi connectivity index (χ0) is 6.15. The Morgan fingerprint density at radius 2 is 2.00 bits per heavy atom. The maximum atomic E-state index is 7.39. The van der Waals surface area contributed by atoms with E-state index in [4.69, 9.17) is 5.41 Å². The highest BCUT2D eigenvalue weighted by Gasteiger charge is 2.27. The van der Waals surface area contributed by atoms with Crippen LogP contribution in [0.4, 0.5) is 0 Å². The van der Waals surface area contributed by atoms with Gasteiger partial charge in [0.05, 0.1) is 5.84 Å². The molecule has 0 unspecified atom stereocenters. The number of hydrogen-bond donors (Lipinski definition) is 1. The first kappa shape index (κ1) is 5.60. The lowest BCUT2D eigenvalue weighted by Gasteiger charge is -2.11. The lowest BCUT2D eigenvalue weighted by molar-refractivity contribution is 0.593. The van der Waals surface area contributed by atoms with Crippen molar-refractivity contribution in [2.24, 2.45) is 5.92 Å². The summed E-state index contributed by atoms with van der Waals surface area (Å²) in [4.78, 5) is 1.89. The van der Waals surface area contributed by atoms with Gasteiger partial charge in [-0.05, 0) is 12.8 Å². The summed E-state index contributed by atoms with van der Waals surface area (Å²) in [5, 5.41) is 7.39. The summed E-state index contributed by atoms with van der Waals surface area (Å²) in [5.74, 6) is 1.40. The quantitative estimate of drug-likeness (QED) is 0.396. The van der Waals surface area contributed by atoms with Gasteiger partial charge in [-0.1, -0.05) is 0 Å². The summed E-state index contributed by atoms with van der Waals surface area (Å²) in [6, 6.07) is 0. The molecule has 0 radical (unpaired) electrons. The molecule has 46 valence electrons. The van der Waals surface area contributed by atoms with Crippen LogP contribution in [0.3, 0.4) is 0 Å². The van der Waals surface area contributed by atoms with Gasteiger partial charge in [0.2, 0.25) is 0 Å². The van der Waals surface area contributed by atoms with Gasteiger partial charge in [0.25, 0.3) is 0 Å². The van der Waals surface area contributed by atoms with Gasteiger partial charge in [-0.15, -0.1) is 0 Å². The van der Waals surface area contributed by atoms with Crippen LogP contribution in [0, 0.1) is 11.3 Å². The van der Waals surface area contributed by atoms with E-state index < -0.39 is 0 Å². The summed E-state index contributed by atoms with van der Waals surface area (Å²) in [5.41, 5.74) is 0. The topological polar surface area (TPSA) is 27.1 Å². The van der Waals surface area contributed by atoms with Crippen LogP contribution in [0.25, 0.3) is 0 Å². The van der Waals surface area contributed by atoms with Gasteiger partial charge < -0.3 is 4.90 Å². The molecule has 0 spiro atoms. The Morgan fingerprint density at radius 1 is 1.50 bits per heavy atom. The second kappa shape index (κ2) is 1.77. The molecule has 1 N–H and O–H groups in total. The first-order chi connectivity index (χ1) is 3.72. The maximum absolute atomic E-state index is 7.39. The van der Waals surface area contributed by atoms with Crippen LogP contribution in [-0.2, 0) is 0 Å². The summed E-state index contributed by atoms with van der Waals surface area (Å²) in [7, 11) is 3.86. The first-order valence-corrected chi connectivity index (χ1v) is 2.97. The van der Waals surface area contributed by atoms with E-state index in [-0.39, 0.29) is 0 Å². The van der Waals surface area contributed by atoms with Crippen molar-refractivity contribution in [1.82, 2.24) is 4.90 Å². The van der Waals surface area contributed by atoms with Crippen molar-refractivity contribution in [3.63, 3.8) is 0 Å². The van der Waals surface area contributed by atoms with Gasteiger partial charge in [-0.2, -0.15) is 0 Å². The van der Waals surface area contributed by atoms with Gasteiger partial charge in [0.15, 0.2) is 0 Å². The van der Waals surface area contributed by atoms with Crippen molar-refractivity contribution in [2.75, 3.05) is 14.1 Å². The Bertz CT molecular complexity index is 99.1. The number of amidine groups is 1. The van der Waals surface area contributed by atoms with Crippen molar-refractivity contribution >= 4 is 5.84 Å². The molecule has 8 heavy (non-hydrogen) atoms. The lowest BCUT2D eigenvalue weighted by Crippen LogP contribution is -2.22. The van der Waals surface area contributed by atoms with Crippen LogP contribution in [0.1, 0.15) is 12.8 Å². The Morgan fingerprint density at radius 3 is 2.12 bits per heavy atom. The average Bonchev–Trinajstić information content (AvgIpc) is 2.43.